The van der Waals surface area contributed by atoms with Crippen molar-refractivity contribution in [1.82, 2.24) is 15.5 Å². The summed E-state index contributed by atoms with van der Waals surface area (Å²) < 4.78 is 4.71. The fraction of sp³-hybridized carbons (Fsp3) is 0.556. The number of halogens is 1. The highest BCUT2D eigenvalue weighted by Crippen LogP contribution is 2.24. The molecule has 6 nitrogen and oxygen atoms in total. The monoisotopic (exact) mass is 367 g/mol. The van der Waals surface area contributed by atoms with Gasteiger partial charge in [-0.3, -0.25) is 0 Å². The van der Waals surface area contributed by atoms with Gasteiger partial charge in [0.05, 0.1) is 7.11 Å². The molecule has 0 atom stereocenters. The topological polar surface area (TPSA) is 70.7 Å². The molecule has 1 fully saturated rings. The van der Waals surface area contributed by atoms with Crippen LogP contribution in [0.3, 0.4) is 0 Å². The fourth-order valence-electron chi connectivity index (χ4n) is 2.88. The van der Waals surface area contributed by atoms with Crippen molar-refractivity contribution in [1.29, 1.82) is 0 Å². The molecule has 0 radical (unpaired) electrons. The van der Waals surface area contributed by atoms with Crippen LogP contribution in [0.1, 0.15) is 32.3 Å². The summed E-state index contributed by atoms with van der Waals surface area (Å²) in [6.07, 6.45) is 1.13. The number of piperidine rings is 1. The Kier molecular flexibility index (Phi) is 6.53. The molecule has 0 unspecified atom stereocenters. The third-order valence-corrected chi connectivity index (χ3v) is 4.80. The van der Waals surface area contributed by atoms with Crippen LogP contribution >= 0.6 is 11.6 Å². The van der Waals surface area contributed by atoms with Crippen LogP contribution in [0.25, 0.3) is 0 Å². The van der Waals surface area contributed by atoms with Crippen molar-refractivity contribution in [2.45, 2.75) is 38.1 Å². The number of likely N-dealkylation sites (tertiary alicyclic amines) is 1. The number of carbonyl (C=O) groups is 2. The van der Waals surface area contributed by atoms with Crippen molar-refractivity contribution in [3.05, 3.63) is 34.9 Å². The number of hydrogen-bond donors (Lipinski definition) is 2. The molecule has 0 spiro atoms. The summed E-state index contributed by atoms with van der Waals surface area (Å²) in [6.45, 7) is 5.80. The molecule has 7 heteroatoms. The zero-order valence-corrected chi connectivity index (χ0v) is 15.7. The molecule has 1 aromatic carbocycles. The highest BCUT2D eigenvalue weighted by Gasteiger charge is 2.25. The van der Waals surface area contributed by atoms with Gasteiger partial charge in [0.2, 0.25) is 0 Å². The molecule has 2 rings (SSSR count). The van der Waals surface area contributed by atoms with E-state index in [1.807, 2.05) is 24.3 Å². The highest BCUT2D eigenvalue weighted by atomic mass is 35.5. The molecule has 0 bridgehead atoms. The van der Waals surface area contributed by atoms with Gasteiger partial charge in [-0.2, -0.15) is 0 Å². The Bertz CT molecular complexity index is 613. The van der Waals surface area contributed by atoms with Gasteiger partial charge >= 0.3 is 12.1 Å². The first-order valence-corrected chi connectivity index (χ1v) is 8.83. The molecule has 0 saturated carbocycles. The van der Waals surface area contributed by atoms with E-state index in [9.17, 15) is 9.59 Å². The first kappa shape index (κ1) is 19.4. The number of rotatable bonds is 4. The van der Waals surface area contributed by atoms with Crippen molar-refractivity contribution in [2.24, 2.45) is 0 Å². The lowest BCUT2D eigenvalue weighted by Gasteiger charge is -2.32. The van der Waals surface area contributed by atoms with Crippen molar-refractivity contribution < 1.29 is 14.3 Å². The number of nitrogens with zero attached hydrogens (tertiary/aromatic N) is 1. The average molecular weight is 368 g/mol. The molecule has 25 heavy (non-hydrogen) atoms. The Morgan fingerprint density at radius 2 is 2.00 bits per heavy atom. The number of nitrogens with one attached hydrogen (secondary N) is 2. The number of carbonyl (C=O) groups excluding carboxylic acids is 2. The average Bonchev–Trinajstić information content (AvgIpc) is 2.60. The summed E-state index contributed by atoms with van der Waals surface area (Å²) in [4.78, 5) is 25.3. The largest absolute Gasteiger partial charge is 0.453 e. The molecular weight excluding hydrogens is 342 g/mol. The predicted molar refractivity (Wildman–Crippen MR) is 98.0 cm³/mol. The standard InChI is InChI=1S/C18H26ClN3O3/c1-18(2,13-5-4-6-14(19)11-13)12-20-16(23)21-15-7-9-22(10-8-15)17(24)25-3/h4-6,11,15H,7-10,12H2,1-3H3,(H2,20,21,23). The zero-order valence-electron chi connectivity index (χ0n) is 15.0. The van der Waals surface area contributed by atoms with Crippen LogP contribution in [0.15, 0.2) is 24.3 Å². The molecular formula is C18H26ClN3O3. The maximum atomic E-state index is 12.2. The minimum absolute atomic E-state index is 0.0650. The Hall–Kier alpha value is -1.95. The van der Waals surface area contributed by atoms with E-state index in [0.717, 1.165) is 18.4 Å². The van der Waals surface area contributed by atoms with E-state index in [4.69, 9.17) is 16.3 Å². The van der Waals surface area contributed by atoms with Crippen LogP contribution in [0.4, 0.5) is 9.59 Å². The summed E-state index contributed by atoms with van der Waals surface area (Å²) in [6, 6.07) is 7.55. The normalized spacial score (nSPS) is 15.6. The summed E-state index contributed by atoms with van der Waals surface area (Å²) >= 11 is 6.05. The molecule has 0 aliphatic carbocycles. The molecule has 138 valence electrons. The van der Waals surface area contributed by atoms with Gasteiger partial charge in [0.15, 0.2) is 0 Å². The molecule has 1 aromatic rings. The third kappa shape index (κ3) is 5.53. The molecule has 1 aliphatic heterocycles. The van der Waals surface area contributed by atoms with Gasteiger partial charge in [-0.15, -0.1) is 0 Å². The van der Waals surface area contributed by atoms with Crippen molar-refractivity contribution in [3.63, 3.8) is 0 Å². The van der Waals surface area contributed by atoms with Gasteiger partial charge < -0.3 is 20.3 Å². The second-order valence-electron chi connectivity index (χ2n) is 6.95. The van der Waals surface area contributed by atoms with Crippen LogP contribution in [0.2, 0.25) is 5.02 Å². The summed E-state index contributed by atoms with van der Waals surface area (Å²) in [5, 5.41) is 6.60. The minimum Gasteiger partial charge on any atom is -0.453 e. The summed E-state index contributed by atoms with van der Waals surface area (Å²) in [5.74, 6) is 0. The third-order valence-electron chi connectivity index (χ3n) is 4.56. The van der Waals surface area contributed by atoms with Gasteiger partial charge in [0.1, 0.15) is 0 Å². The van der Waals surface area contributed by atoms with Crippen molar-refractivity contribution in [2.75, 3.05) is 26.7 Å². The molecule has 1 saturated heterocycles. The lowest BCUT2D eigenvalue weighted by atomic mass is 9.84. The first-order chi connectivity index (χ1) is 11.8. The lowest BCUT2D eigenvalue weighted by Crippen LogP contribution is -2.50. The van der Waals surface area contributed by atoms with Gasteiger partial charge in [-0.25, -0.2) is 9.59 Å². The maximum Gasteiger partial charge on any atom is 0.409 e. The quantitative estimate of drug-likeness (QED) is 0.858. The van der Waals surface area contributed by atoms with Gasteiger partial charge in [0.25, 0.3) is 0 Å². The lowest BCUT2D eigenvalue weighted by molar-refractivity contribution is 0.110. The van der Waals surface area contributed by atoms with E-state index >= 15 is 0 Å². The number of hydrogen-bond acceptors (Lipinski definition) is 3. The van der Waals surface area contributed by atoms with E-state index < -0.39 is 0 Å². The Morgan fingerprint density at radius 3 is 2.60 bits per heavy atom. The molecule has 0 aromatic heterocycles. The highest BCUT2D eigenvalue weighted by molar-refractivity contribution is 6.30. The summed E-state index contributed by atoms with van der Waals surface area (Å²) in [7, 11) is 1.38. The zero-order chi connectivity index (χ0) is 18.4. The van der Waals surface area contributed by atoms with Gasteiger partial charge in [0, 0.05) is 36.1 Å². The Labute approximate surface area is 153 Å². The second-order valence-corrected chi connectivity index (χ2v) is 7.39. The number of ether oxygens (including phenoxy) is 1. The van der Waals surface area contributed by atoms with E-state index in [2.05, 4.69) is 24.5 Å². The van der Waals surface area contributed by atoms with E-state index in [1.54, 1.807) is 4.90 Å². The van der Waals surface area contributed by atoms with E-state index in [1.165, 1.54) is 7.11 Å². The van der Waals surface area contributed by atoms with Crippen LogP contribution in [0.5, 0.6) is 0 Å². The molecule has 1 aliphatic rings. The van der Waals surface area contributed by atoms with Gasteiger partial charge in [-0.05, 0) is 30.5 Å². The first-order valence-electron chi connectivity index (χ1n) is 8.45. The predicted octanol–water partition coefficient (Wildman–Crippen LogP) is 3.15. The van der Waals surface area contributed by atoms with Crippen LogP contribution in [-0.4, -0.2) is 49.8 Å². The Balaban J connectivity index is 1.78. The van der Waals surface area contributed by atoms with Crippen LogP contribution in [0, 0.1) is 0 Å². The molecule has 3 amide bonds. The van der Waals surface area contributed by atoms with Gasteiger partial charge in [-0.1, -0.05) is 37.6 Å². The molecule has 1 heterocycles. The van der Waals surface area contributed by atoms with Crippen molar-refractivity contribution in [3.8, 4) is 0 Å². The smallest absolute Gasteiger partial charge is 0.409 e. The minimum atomic E-state index is -0.314. The molecule has 2 N–H and O–H groups in total. The van der Waals surface area contributed by atoms with E-state index in [-0.39, 0.29) is 23.6 Å². The Morgan fingerprint density at radius 1 is 1.32 bits per heavy atom. The summed E-state index contributed by atoms with van der Waals surface area (Å²) in [5.41, 5.74) is 0.850. The van der Waals surface area contributed by atoms with Crippen LogP contribution < -0.4 is 10.6 Å². The number of methoxy groups -OCH3 is 1. The number of amides is 3. The maximum absolute atomic E-state index is 12.2. The SMILES string of the molecule is COC(=O)N1CCC(NC(=O)NCC(C)(C)c2cccc(Cl)c2)CC1. The number of benzene rings is 1. The van der Waals surface area contributed by atoms with Crippen LogP contribution in [-0.2, 0) is 10.2 Å². The van der Waals surface area contributed by atoms with E-state index in [0.29, 0.717) is 24.7 Å². The number of urea groups is 1. The van der Waals surface area contributed by atoms with Crippen molar-refractivity contribution >= 4 is 23.7 Å². The second kappa shape index (κ2) is 8.43. The fourth-order valence-corrected chi connectivity index (χ4v) is 3.07.